The summed E-state index contributed by atoms with van der Waals surface area (Å²) in [6.07, 6.45) is 1.29. The highest BCUT2D eigenvalue weighted by Gasteiger charge is 2.11. The lowest BCUT2D eigenvalue weighted by Crippen LogP contribution is -2.36. The number of aromatic nitrogens is 3. The van der Waals surface area contributed by atoms with Crippen LogP contribution < -0.4 is 5.32 Å². The second kappa shape index (κ2) is 5.33. The van der Waals surface area contributed by atoms with Crippen molar-refractivity contribution in [1.82, 2.24) is 20.5 Å². The van der Waals surface area contributed by atoms with Gasteiger partial charge in [0.1, 0.15) is 6.33 Å². The number of ether oxygens (including phenoxy) is 1. The van der Waals surface area contributed by atoms with Gasteiger partial charge in [0.15, 0.2) is 0 Å². The van der Waals surface area contributed by atoms with Gasteiger partial charge in [-0.05, 0) is 13.8 Å². The molecule has 1 amide bonds. The van der Waals surface area contributed by atoms with Gasteiger partial charge >= 0.3 is 0 Å². The maximum absolute atomic E-state index is 11.4. The van der Waals surface area contributed by atoms with E-state index in [-0.39, 0.29) is 17.8 Å². The fourth-order valence-corrected chi connectivity index (χ4v) is 0.943. The Labute approximate surface area is 82.1 Å². The lowest BCUT2D eigenvalue weighted by atomic mass is 10.3. The molecule has 0 aliphatic heterocycles. The predicted molar refractivity (Wildman–Crippen MR) is 49.8 cm³/mol. The Kier molecular flexibility index (Phi) is 4.06. The summed E-state index contributed by atoms with van der Waals surface area (Å²) in [5, 5.41) is 8.79. The minimum atomic E-state index is -0.269. The molecule has 0 aliphatic rings. The summed E-state index contributed by atoms with van der Waals surface area (Å²) >= 11 is 0. The molecule has 78 valence electrons. The number of hydrogen-bond donors (Lipinski definition) is 2. The summed E-state index contributed by atoms with van der Waals surface area (Å²) < 4.78 is 5.15. The molecule has 1 unspecified atom stereocenters. The van der Waals surface area contributed by atoms with E-state index in [0.717, 1.165) is 0 Å². The van der Waals surface area contributed by atoms with E-state index in [1.165, 1.54) is 6.33 Å². The lowest BCUT2D eigenvalue weighted by molar-refractivity contribution is 0.0862. The Hall–Kier alpha value is -1.43. The number of nitrogens with zero attached hydrogens (tertiary/aromatic N) is 2. The molecule has 0 saturated heterocycles. The molecule has 0 aliphatic carbocycles. The summed E-state index contributed by atoms with van der Waals surface area (Å²) in [6, 6.07) is -0.0347. The first-order chi connectivity index (χ1) is 6.74. The molecule has 2 N–H and O–H groups in total. The smallest absolute Gasteiger partial charge is 0.288 e. The molecule has 0 aromatic carbocycles. The SMILES string of the molecule is CCOCC(C)NC(=O)c1ncn[nH]1. The lowest BCUT2D eigenvalue weighted by Gasteiger charge is -2.11. The summed E-state index contributed by atoms with van der Waals surface area (Å²) in [6.45, 7) is 4.91. The third kappa shape index (κ3) is 3.14. The monoisotopic (exact) mass is 198 g/mol. The molecule has 0 bridgehead atoms. The van der Waals surface area contributed by atoms with E-state index < -0.39 is 0 Å². The number of amides is 1. The summed E-state index contributed by atoms with van der Waals surface area (Å²) in [5.74, 6) is -0.0527. The van der Waals surface area contributed by atoms with Gasteiger partial charge in [0.2, 0.25) is 5.82 Å². The van der Waals surface area contributed by atoms with Crippen molar-refractivity contribution in [2.24, 2.45) is 0 Å². The van der Waals surface area contributed by atoms with Crippen molar-refractivity contribution in [2.75, 3.05) is 13.2 Å². The number of nitrogens with one attached hydrogen (secondary N) is 2. The molecule has 0 spiro atoms. The van der Waals surface area contributed by atoms with Crippen molar-refractivity contribution in [2.45, 2.75) is 19.9 Å². The van der Waals surface area contributed by atoms with Crippen molar-refractivity contribution < 1.29 is 9.53 Å². The van der Waals surface area contributed by atoms with Crippen LogP contribution in [0.4, 0.5) is 0 Å². The van der Waals surface area contributed by atoms with Gasteiger partial charge in [-0.1, -0.05) is 0 Å². The zero-order valence-corrected chi connectivity index (χ0v) is 8.28. The second-order valence-electron chi connectivity index (χ2n) is 2.87. The predicted octanol–water partition coefficient (Wildman–Crippen LogP) is -0.0405. The van der Waals surface area contributed by atoms with Crippen LogP contribution >= 0.6 is 0 Å². The third-order valence-electron chi connectivity index (χ3n) is 1.58. The van der Waals surface area contributed by atoms with E-state index in [1.54, 1.807) is 0 Å². The number of carbonyl (C=O) groups excluding carboxylic acids is 1. The van der Waals surface area contributed by atoms with Crippen LogP contribution in [-0.4, -0.2) is 40.3 Å². The summed E-state index contributed by atoms with van der Waals surface area (Å²) in [4.78, 5) is 15.1. The van der Waals surface area contributed by atoms with Gasteiger partial charge in [0, 0.05) is 12.6 Å². The highest BCUT2D eigenvalue weighted by Crippen LogP contribution is 1.89. The van der Waals surface area contributed by atoms with Crippen LogP contribution in [0.3, 0.4) is 0 Å². The number of aromatic amines is 1. The second-order valence-corrected chi connectivity index (χ2v) is 2.87. The van der Waals surface area contributed by atoms with Gasteiger partial charge in [-0.25, -0.2) is 4.98 Å². The quantitative estimate of drug-likeness (QED) is 0.695. The zero-order chi connectivity index (χ0) is 10.4. The first-order valence-corrected chi connectivity index (χ1v) is 4.48. The van der Waals surface area contributed by atoms with Gasteiger partial charge in [-0.15, -0.1) is 0 Å². The maximum atomic E-state index is 11.4. The van der Waals surface area contributed by atoms with Crippen molar-refractivity contribution in [3.05, 3.63) is 12.2 Å². The van der Waals surface area contributed by atoms with Gasteiger partial charge in [-0.3, -0.25) is 9.89 Å². The molecule has 1 aromatic heterocycles. The minimum absolute atomic E-state index is 0.0347. The van der Waals surface area contributed by atoms with Crippen LogP contribution in [0.15, 0.2) is 6.33 Å². The van der Waals surface area contributed by atoms with E-state index in [2.05, 4.69) is 20.5 Å². The number of H-pyrrole nitrogens is 1. The van der Waals surface area contributed by atoms with Crippen molar-refractivity contribution in [1.29, 1.82) is 0 Å². The molecule has 0 fully saturated rings. The summed E-state index contributed by atoms with van der Waals surface area (Å²) in [7, 11) is 0. The van der Waals surface area contributed by atoms with Gasteiger partial charge in [0.05, 0.1) is 6.61 Å². The largest absolute Gasteiger partial charge is 0.380 e. The molecule has 14 heavy (non-hydrogen) atoms. The molecule has 6 nitrogen and oxygen atoms in total. The molecule has 1 heterocycles. The Bertz CT molecular complexity index is 273. The van der Waals surface area contributed by atoms with Crippen LogP contribution in [0.2, 0.25) is 0 Å². The molecule has 1 atom stereocenters. The summed E-state index contributed by atoms with van der Waals surface area (Å²) in [5.41, 5.74) is 0. The van der Waals surface area contributed by atoms with E-state index in [4.69, 9.17) is 4.74 Å². The molecule has 1 rings (SSSR count). The average molecular weight is 198 g/mol. The Morgan fingerprint density at radius 1 is 1.79 bits per heavy atom. The zero-order valence-electron chi connectivity index (χ0n) is 8.28. The normalized spacial score (nSPS) is 12.4. The first kappa shape index (κ1) is 10.6. The number of hydrogen-bond acceptors (Lipinski definition) is 4. The van der Waals surface area contributed by atoms with Gasteiger partial charge in [0.25, 0.3) is 5.91 Å². The highest BCUT2D eigenvalue weighted by atomic mass is 16.5. The molecular weight excluding hydrogens is 184 g/mol. The maximum Gasteiger partial charge on any atom is 0.288 e. The van der Waals surface area contributed by atoms with Crippen LogP contribution in [0.1, 0.15) is 24.5 Å². The van der Waals surface area contributed by atoms with Crippen molar-refractivity contribution in [3.8, 4) is 0 Å². The number of rotatable bonds is 5. The van der Waals surface area contributed by atoms with E-state index in [1.807, 2.05) is 13.8 Å². The fourth-order valence-electron chi connectivity index (χ4n) is 0.943. The Morgan fingerprint density at radius 2 is 2.57 bits per heavy atom. The van der Waals surface area contributed by atoms with Crippen molar-refractivity contribution in [3.63, 3.8) is 0 Å². The van der Waals surface area contributed by atoms with Crippen molar-refractivity contribution >= 4 is 5.91 Å². The van der Waals surface area contributed by atoms with Crippen LogP contribution in [0.5, 0.6) is 0 Å². The average Bonchev–Trinajstić information content (AvgIpc) is 2.67. The standard InChI is InChI=1S/C8H14N4O2/c1-3-14-4-6(2)11-8(13)7-9-5-10-12-7/h5-6H,3-4H2,1-2H3,(H,11,13)(H,9,10,12). The van der Waals surface area contributed by atoms with Gasteiger partial charge < -0.3 is 10.1 Å². The molecule has 1 aromatic rings. The minimum Gasteiger partial charge on any atom is -0.380 e. The molecule has 0 saturated carbocycles. The third-order valence-corrected chi connectivity index (χ3v) is 1.58. The first-order valence-electron chi connectivity index (χ1n) is 4.48. The Balaban J connectivity index is 2.34. The molecular formula is C8H14N4O2. The van der Waals surface area contributed by atoms with E-state index in [0.29, 0.717) is 13.2 Å². The topological polar surface area (TPSA) is 79.9 Å². The molecule has 0 radical (unpaired) electrons. The highest BCUT2D eigenvalue weighted by molar-refractivity contribution is 5.90. The van der Waals surface area contributed by atoms with Crippen LogP contribution in [-0.2, 0) is 4.74 Å². The Morgan fingerprint density at radius 3 is 3.14 bits per heavy atom. The van der Waals surface area contributed by atoms with Gasteiger partial charge in [-0.2, -0.15) is 5.10 Å². The fraction of sp³-hybridized carbons (Fsp3) is 0.625. The van der Waals surface area contributed by atoms with Crippen LogP contribution in [0.25, 0.3) is 0 Å². The van der Waals surface area contributed by atoms with E-state index in [9.17, 15) is 4.79 Å². The number of carbonyl (C=O) groups is 1. The molecule has 6 heteroatoms. The van der Waals surface area contributed by atoms with Crippen LogP contribution in [0, 0.1) is 0 Å². The van der Waals surface area contributed by atoms with E-state index >= 15 is 0 Å².